The maximum atomic E-state index is 15.2. The largest absolute Gasteiger partial charge is 0.352 e. The minimum Gasteiger partial charge on any atom is -0.352 e. The molecule has 1 N–H and O–H groups in total. The number of aromatic nitrogens is 2. The summed E-state index contributed by atoms with van der Waals surface area (Å²) in [4.78, 5) is 35.5. The Kier molecular flexibility index (Phi) is 8.01. The number of carbonyl (C=O) groups is 1. The molecule has 1 unspecified atom stereocenters. The number of hydrogen-bond acceptors (Lipinski definition) is 6. The average Bonchev–Trinajstić information content (AvgIpc) is 3.10. The van der Waals surface area contributed by atoms with Crippen LogP contribution in [-0.2, 0) is 11.3 Å². The molecule has 10 heteroatoms. The molecule has 3 aromatic rings. The van der Waals surface area contributed by atoms with Crippen LogP contribution in [0.2, 0.25) is 0 Å². The van der Waals surface area contributed by atoms with E-state index in [0.29, 0.717) is 42.3 Å². The molecule has 1 amide bonds. The Morgan fingerprint density at radius 2 is 1.93 bits per heavy atom. The molecule has 2 aromatic carbocycles. The van der Waals surface area contributed by atoms with Gasteiger partial charge in [-0.3, -0.25) is 9.36 Å². The third-order valence-electron chi connectivity index (χ3n) is 7.76. The quantitative estimate of drug-likeness (QED) is 0.434. The van der Waals surface area contributed by atoms with Gasteiger partial charge in [-0.15, -0.1) is 11.8 Å². The van der Waals surface area contributed by atoms with Crippen molar-refractivity contribution in [1.82, 2.24) is 19.8 Å². The molecule has 212 valence electrons. The molecular formula is C30H35F2N5O2S. The zero-order chi connectivity index (χ0) is 28.7. The Balaban J connectivity index is 1.72. The summed E-state index contributed by atoms with van der Waals surface area (Å²) >= 11 is 1.59. The lowest BCUT2D eigenvalue weighted by atomic mass is 9.97. The van der Waals surface area contributed by atoms with Crippen LogP contribution in [0.5, 0.6) is 0 Å². The molecule has 3 atom stereocenters. The third-order valence-corrected chi connectivity index (χ3v) is 9.01. The van der Waals surface area contributed by atoms with E-state index < -0.39 is 11.6 Å². The van der Waals surface area contributed by atoms with Crippen LogP contribution in [0, 0.1) is 18.6 Å². The highest BCUT2D eigenvalue weighted by atomic mass is 32.2. The van der Waals surface area contributed by atoms with E-state index in [0.717, 1.165) is 40.4 Å². The van der Waals surface area contributed by atoms with Crippen molar-refractivity contribution < 1.29 is 13.6 Å². The highest BCUT2D eigenvalue weighted by molar-refractivity contribution is 7.99. The molecule has 1 fully saturated rings. The van der Waals surface area contributed by atoms with Gasteiger partial charge < -0.3 is 15.1 Å². The molecule has 5 rings (SSSR count). The number of benzene rings is 2. The summed E-state index contributed by atoms with van der Waals surface area (Å²) in [7, 11) is 0. The van der Waals surface area contributed by atoms with Crippen LogP contribution in [0.25, 0.3) is 22.0 Å². The van der Waals surface area contributed by atoms with Crippen LogP contribution in [0.1, 0.15) is 32.8 Å². The second-order valence-electron chi connectivity index (χ2n) is 10.8. The fourth-order valence-corrected chi connectivity index (χ4v) is 7.43. The number of thioether (sulfide) groups is 1. The molecule has 0 aliphatic carbocycles. The van der Waals surface area contributed by atoms with E-state index in [1.54, 1.807) is 16.3 Å². The first-order valence-electron chi connectivity index (χ1n) is 13.7. The lowest BCUT2D eigenvalue weighted by Crippen LogP contribution is -2.58. The van der Waals surface area contributed by atoms with Gasteiger partial charge in [-0.2, -0.15) is 4.98 Å². The zero-order valence-electron chi connectivity index (χ0n) is 23.3. The Hall–Kier alpha value is -3.24. The minimum atomic E-state index is -0.641. The van der Waals surface area contributed by atoms with Crippen LogP contribution in [0.4, 0.5) is 14.6 Å². The number of nitrogens with zero attached hydrogens (tertiary/aromatic N) is 4. The Morgan fingerprint density at radius 1 is 1.20 bits per heavy atom. The van der Waals surface area contributed by atoms with Crippen molar-refractivity contribution in [2.24, 2.45) is 0 Å². The Labute approximate surface area is 237 Å². The third kappa shape index (κ3) is 5.03. The second-order valence-corrected chi connectivity index (χ2v) is 11.8. The number of nitrogens with one attached hydrogen (secondary N) is 1. The van der Waals surface area contributed by atoms with Crippen molar-refractivity contribution in [2.75, 3.05) is 30.3 Å². The summed E-state index contributed by atoms with van der Waals surface area (Å²) in [5, 5.41) is 4.34. The molecule has 3 heterocycles. The summed E-state index contributed by atoms with van der Waals surface area (Å²) in [5.41, 5.74) is 2.14. The summed E-state index contributed by atoms with van der Waals surface area (Å²) < 4.78 is 30.7. The van der Waals surface area contributed by atoms with Crippen molar-refractivity contribution in [3.05, 3.63) is 64.6 Å². The lowest BCUT2D eigenvalue weighted by Gasteiger charge is -2.44. The first-order valence-corrected chi connectivity index (χ1v) is 14.7. The number of aryl methyl sites for hydroxylation is 1. The number of hydrogen-bond donors (Lipinski definition) is 1. The zero-order valence-corrected chi connectivity index (χ0v) is 24.2. The van der Waals surface area contributed by atoms with Gasteiger partial charge in [0, 0.05) is 71.0 Å². The monoisotopic (exact) mass is 567 g/mol. The molecule has 7 nitrogen and oxygen atoms in total. The number of carbonyl (C=O) groups excluding carboxylic acids is 1. The molecule has 1 saturated heterocycles. The predicted molar refractivity (Wildman–Crippen MR) is 157 cm³/mol. The van der Waals surface area contributed by atoms with Crippen LogP contribution in [0.15, 0.2) is 46.6 Å². The number of rotatable bonds is 6. The standard InChI is InChI=1S/C30H35F2N5O2S/c1-6-10-33-21-15-36-27-23(11-17(3)26(28(27)40-16-21)22-9-8-20(31)12-24(22)32)29(34-30(36)39)35-13-18(4)37(19(5)14-35)25(38)7-2/h7-9,11-12,18-19,21,33H,2,6,10,13-16H2,1,3-5H3/t18-,19+,21?. The van der Waals surface area contributed by atoms with Crippen LogP contribution >= 0.6 is 11.8 Å². The van der Waals surface area contributed by atoms with Gasteiger partial charge in [0.05, 0.1) is 5.52 Å². The van der Waals surface area contributed by atoms with E-state index in [1.165, 1.54) is 18.2 Å². The molecule has 40 heavy (non-hydrogen) atoms. The lowest BCUT2D eigenvalue weighted by molar-refractivity contribution is -0.130. The maximum absolute atomic E-state index is 15.2. The minimum absolute atomic E-state index is 0.0191. The van der Waals surface area contributed by atoms with Crippen molar-refractivity contribution in [3.63, 3.8) is 0 Å². The van der Waals surface area contributed by atoms with Crippen LogP contribution in [0.3, 0.4) is 0 Å². The van der Waals surface area contributed by atoms with Gasteiger partial charge in [0.2, 0.25) is 5.91 Å². The number of piperazine rings is 1. The Bertz CT molecular complexity index is 1530. The fraction of sp³-hybridized carbons (Fsp3) is 0.433. The van der Waals surface area contributed by atoms with Gasteiger partial charge in [0.1, 0.15) is 17.5 Å². The van der Waals surface area contributed by atoms with Gasteiger partial charge in [-0.1, -0.05) is 13.5 Å². The first-order chi connectivity index (χ1) is 19.1. The van der Waals surface area contributed by atoms with Crippen LogP contribution < -0.4 is 15.9 Å². The highest BCUT2D eigenvalue weighted by Crippen LogP contribution is 2.44. The molecule has 0 saturated carbocycles. The van der Waals surface area contributed by atoms with Gasteiger partial charge in [-0.25, -0.2) is 13.6 Å². The molecule has 0 bridgehead atoms. The number of amides is 1. The van der Waals surface area contributed by atoms with Gasteiger partial charge >= 0.3 is 5.69 Å². The normalized spacial score (nSPS) is 21.0. The van der Waals surface area contributed by atoms with Crippen molar-refractivity contribution in [3.8, 4) is 11.1 Å². The molecule has 1 aromatic heterocycles. The van der Waals surface area contributed by atoms with Crippen molar-refractivity contribution in [2.45, 2.75) is 63.7 Å². The summed E-state index contributed by atoms with van der Waals surface area (Å²) in [6.07, 6.45) is 2.29. The van der Waals surface area contributed by atoms with Crippen molar-refractivity contribution >= 4 is 34.4 Å². The van der Waals surface area contributed by atoms with E-state index in [-0.39, 0.29) is 29.7 Å². The molecule has 0 spiro atoms. The van der Waals surface area contributed by atoms with E-state index in [1.807, 2.05) is 31.7 Å². The average molecular weight is 568 g/mol. The van der Waals surface area contributed by atoms with E-state index in [4.69, 9.17) is 0 Å². The SMILES string of the molecule is C=CC(=O)N1[C@H](C)CN(c2nc(=O)n3c4c(c(-c5ccc(F)cc5F)c(C)cc24)SCC(NCCC)C3)C[C@@H]1C. The molecule has 0 radical (unpaired) electrons. The molecule has 2 aliphatic heterocycles. The molecule has 2 aliphatic rings. The summed E-state index contributed by atoms with van der Waals surface area (Å²) in [5.74, 6) is -0.149. The molecular weight excluding hydrogens is 532 g/mol. The number of halogens is 2. The maximum Gasteiger partial charge on any atom is 0.350 e. The fourth-order valence-electron chi connectivity index (χ4n) is 6.06. The summed E-state index contributed by atoms with van der Waals surface area (Å²) in [6.45, 7) is 13.9. The Morgan fingerprint density at radius 3 is 2.58 bits per heavy atom. The highest BCUT2D eigenvalue weighted by Gasteiger charge is 2.34. The predicted octanol–water partition coefficient (Wildman–Crippen LogP) is 4.74. The summed E-state index contributed by atoms with van der Waals surface area (Å²) in [6, 6.07) is 5.38. The second kappa shape index (κ2) is 11.3. The number of anilines is 1. The van der Waals surface area contributed by atoms with E-state index in [9.17, 15) is 14.0 Å². The smallest absolute Gasteiger partial charge is 0.350 e. The van der Waals surface area contributed by atoms with Crippen molar-refractivity contribution in [1.29, 1.82) is 0 Å². The van der Waals surface area contributed by atoms with E-state index in [2.05, 4.69) is 28.7 Å². The van der Waals surface area contributed by atoms with Gasteiger partial charge in [0.15, 0.2) is 0 Å². The van der Waals surface area contributed by atoms with Crippen LogP contribution in [-0.4, -0.2) is 63.9 Å². The topological polar surface area (TPSA) is 70.5 Å². The van der Waals surface area contributed by atoms with Gasteiger partial charge in [0.25, 0.3) is 0 Å². The first kappa shape index (κ1) is 28.3. The van der Waals surface area contributed by atoms with Gasteiger partial charge in [-0.05, 0) is 63.6 Å². The van der Waals surface area contributed by atoms with E-state index >= 15 is 4.39 Å².